The molecule has 0 aliphatic carbocycles. The summed E-state index contributed by atoms with van der Waals surface area (Å²) in [6, 6.07) is 0. The van der Waals surface area contributed by atoms with Gasteiger partial charge in [-0.25, -0.2) is 0 Å². The van der Waals surface area contributed by atoms with Crippen LogP contribution < -0.4 is 5.32 Å². The van der Waals surface area contributed by atoms with Crippen molar-refractivity contribution in [3.05, 3.63) is 0 Å². The lowest BCUT2D eigenvalue weighted by atomic mass is 10.0. The molecule has 2 heterocycles. The van der Waals surface area contributed by atoms with Crippen LogP contribution in [0.25, 0.3) is 0 Å². The normalized spacial score (nSPS) is 29.8. The molecule has 2 aliphatic heterocycles. The maximum Gasteiger partial charge on any atom is 0.0700 e. The van der Waals surface area contributed by atoms with Gasteiger partial charge < -0.3 is 19.7 Å². The smallest absolute Gasteiger partial charge is 0.0700 e. The molecule has 2 atom stereocenters. The van der Waals surface area contributed by atoms with E-state index in [9.17, 15) is 0 Å². The van der Waals surface area contributed by atoms with Crippen LogP contribution in [0.2, 0.25) is 0 Å². The molecule has 0 radical (unpaired) electrons. The van der Waals surface area contributed by atoms with E-state index in [4.69, 9.17) is 9.47 Å². The molecule has 2 unspecified atom stereocenters. The van der Waals surface area contributed by atoms with Crippen molar-refractivity contribution in [3.8, 4) is 0 Å². The largest absolute Gasteiger partial charge is 0.382 e. The number of rotatable bonds is 7. The van der Waals surface area contributed by atoms with E-state index >= 15 is 0 Å². The van der Waals surface area contributed by atoms with E-state index in [1.807, 2.05) is 0 Å². The quantitative estimate of drug-likeness (QED) is 0.631. The minimum atomic E-state index is 0.708. The van der Waals surface area contributed by atoms with Crippen molar-refractivity contribution in [1.29, 1.82) is 0 Å². The first-order valence-corrected chi connectivity index (χ1v) is 6.40. The molecular formula is C12H24N2O2. The SMILES string of the molecule is COCCOCCCN1CC2CNCC2C1. The molecular weight excluding hydrogens is 204 g/mol. The Kier molecular flexibility index (Phi) is 5.03. The molecule has 2 fully saturated rings. The zero-order valence-electron chi connectivity index (χ0n) is 10.3. The van der Waals surface area contributed by atoms with E-state index < -0.39 is 0 Å². The van der Waals surface area contributed by atoms with Gasteiger partial charge in [-0.1, -0.05) is 0 Å². The highest BCUT2D eigenvalue weighted by Crippen LogP contribution is 2.25. The highest BCUT2D eigenvalue weighted by Gasteiger charge is 2.35. The predicted octanol–water partition coefficient (Wildman–Crippen LogP) is 0.191. The van der Waals surface area contributed by atoms with Crippen molar-refractivity contribution >= 4 is 0 Å². The van der Waals surface area contributed by atoms with Crippen LogP contribution in [0.1, 0.15) is 6.42 Å². The number of hydrogen-bond donors (Lipinski definition) is 1. The van der Waals surface area contributed by atoms with Gasteiger partial charge in [0.05, 0.1) is 13.2 Å². The molecule has 0 amide bonds. The number of hydrogen-bond acceptors (Lipinski definition) is 4. The molecule has 4 heteroatoms. The lowest BCUT2D eigenvalue weighted by Gasteiger charge is -2.16. The summed E-state index contributed by atoms with van der Waals surface area (Å²) < 4.78 is 10.4. The van der Waals surface area contributed by atoms with E-state index in [0.717, 1.165) is 31.5 Å². The first kappa shape index (κ1) is 12.3. The summed E-state index contributed by atoms with van der Waals surface area (Å²) in [5.74, 6) is 1.82. The number of likely N-dealkylation sites (tertiary alicyclic amines) is 1. The van der Waals surface area contributed by atoms with Crippen molar-refractivity contribution in [2.24, 2.45) is 11.8 Å². The zero-order valence-corrected chi connectivity index (χ0v) is 10.3. The van der Waals surface area contributed by atoms with Gasteiger partial charge in [-0.3, -0.25) is 0 Å². The third-order valence-corrected chi connectivity index (χ3v) is 3.66. The van der Waals surface area contributed by atoms with E-state index in [0.29, 0.717) is 6.61 Å². The number of methoxy groups -OCH3 is 1. The van der Waals surface area contributed by atoms with Gasteiger partial charge in [0, 0.05) is 33.4 Å². The Bertz CT molecular complexity index is 189. The minimum absolute atomic E-state index is 0.708. The first-order valence-electron chi connectivity index (χ1n) is 6.40. The summed E-state index contributed by atoms with van der Waals surface area (Å²) in [6.07, 6.45) is 1.15. The van der Waals surface area contributed by atoms with Crippen LogP contribution in [0, 0.1) is 11.8 Å². The van der Waals surface area contributed by atoms with E-state index in [1.54, 1.807) is 7.11 Å². The average molecular weight is 228 g/mol. The molecule has 0 aromatic rings. The molecule has 0 aromatic carbocycles. The Balaban J connectivity index is 1.48. The van der Waals surface area contributed by atoms with Gasteiger partial charge in [0.15, 0.2) is 0 Å². The molecule has 1 N–H and O–H groups in total. The van der Waals surface area contributed by atoms with Gasteiger partial charge in [0.1, 0.15) is 0 Å². The molecule has 2 rings (SSSR count). The molecule has 16 heavy (non-hydrogen) atoms. The highest BCUT2D eigenvalue weighted by molar-refractivity contribution is 4.90. The Morgan fingerprint density at radius 2 is 1.88 bits per heavy atom. The van der Waals surface area contributed by atoms with Gasteiger partial charge in [0.2, 0.25) is 0 Å². The lowest BCUT2D eigenvalue weighted by molar-refractivity contribution is 0.0659. The topological polar surface area (TPSA) is 33.7 Å². The predicted molar refractivity (Wildman–Crippen MR) is 63.6 cm³/mol. The molecule has 2 saturated heterocycles. The fourth-order valence-corrected chi connectivity index (χ4v) is 2.77. The summed E-state index contributed by atoms with van der Waals surface area (Å²) in [4.78, 5) is 2.59. The maximum absolute atomic E-state index is 5.46. The second kappa shape index (κ2) is 6.55. The number of ether oxygens (including phenoxy) is 2. The van der Waals surface area contributed by atoms with Crippen LogP contribution in [0.15, 0.2) is 0 Å². The Morgan fingerprint density at radius 3 is 2.56 bits per heavy atom. The van der Waals surface area contributed by atoms with Crippen LogP contribution in [0.5, 0.6) is 0 Å². The highest BCUT2D eigenvalue weighted by atomic mass is 16.5. The second-order valence-corrected chi connectivity index (χ2v) is 4.90. The summed E-state index contributed by atoms with van der Waals surface area (Å²) in [5, 5.41) is 3.47. The van der Waals surface area contributed by atoms with Crippen LogP contribution in [0.4, 0.5) is 0 Å². The monoisotopic (exact) mass is 228 g/mol. The van der Waals surface area contributed by atoms with Crippen molar-refractivity contribution in [1.82, 2.24) is 10.2 Å². The molecule has 2 aliphatic rings. The standard InChI is InChI=1S/C12H24N2O2/c1-15-5-6-16-4-2-3-14-9-11-7-13-8-12(11)10-14/h11-13H,2-10H2,1H3. The number of fused-ring (bicyclic) bond motifs is 1. The average Bonchev–Trinajstić information content (AvgIpc) is 2.83. The maximum atomic E-state index is 5.46. The van der Waals surface area contributed by atoms with E-state index in [-0.39, 0.29) is 0 Å². The van der Waals surface area contributed by atoms with Gasteiger partial charge in [-0.2, -0.15) is 0 Å². The van der Waals surface area contributed by atoms with E-state index in [1.165, 1.54) is 32.7 Å². The number of nitrogens with one attached hydrogen (secondary N) is 1. The van der Waals surface area contributed by atoms with Crippen molar-refractivity contribution in [2.45, 2.75) is 6.42 Å². The summed E-state index contributed by atoms with van der Waals surface area (Å²) in [5.41, 5.74) is 0. The number of nitrogens with zero attached hydrogens (tertiary/aromatic N) is 1. The second-order valence-electron chi connectivity index (χ2n) is 4.90. The molecule has 0 bridgehead atoms. The van der Waals surface area contributed by atoms with Gasteiger partial charge in [-0.15, -0.1) is 0 Å². The summed E-state index contributed by atoms with van der Waals surface area (Å²) >= 11 is 0. The van der Waals surface area contributed by atoms with Crippen LogP contribution in [-0.4, -0.2) is 64.6 Å². The third-order valence-electron chi connectivity index (χ3n) is 3.66. The molecule has 0 saturated carbocycles. The van der Waals surface area contributed by atoms with Crippen molar-refractivity contribution in [3.63, 3.8) is 0 Å². The fourth-order valence-electron chi connectivity index (χ4n) is 2.77. The van der Waals surface area contributed by atoms with Gasteiger partial charge in [-0.05, 0) is 31.3 Å². The first-order chi connectivity index (χ1) is 7.90. The molecule has 94 valence electrons. The molecule has 4 nitrogen and oxygen atoms in total. The Hall–Kier alpha value is -0.160. The Labute approximate surface area is 98.3 Å². The van der Waals surface area contributed by atoms with Crippen LogP contribution >= 0.6 is 0 Å². The summed E-state index contributed by atoms with van der Waals surface area (Å²) in [6.45, 7) is 8.53. The van der Waals surface area contributed by atoms with Gasteiger partial charge in [0.25, 0.3) is 0 Å². The Morgan fingerprint density at radius 1 is 1.12 bits per heavy atom. The zero-order chi connectivity index (χ0) is 11.2. The third kappa shape index (κ3) is 3.42. The minimum Gasteiger partial charge on any atom is -0.382 e. The van der Waals surface area contributed by atoms with Crippen LogP contribution in [-0.2, 0) is 9.47 Å². The van der Waals surface area contributed by atoms with Crippen LogP contribution in [0.3, 0.4) is 0 Å². The van der Waals surface area contributed by atoms with Crippen molar-refractivity contribution < 1.29 is 9.47 Å². The summed E-state index contributed by atoms with van der Waals surface area (Å²) in [7, 11) is 1.71. The van der Waals surface area contributed by atoms with Crippen molar-refractivity contribution in [2.75, 3.05) is 59.7 Å². The molecule has 0 spiro atoms. The van der Waals surface area contributed by atoms with E-state index in [2.05, 4.69) is 10.2 Å². The lowest BCUT2D eigenvalue weighted by Crippen LogP contribution is -2.27. The van der Waals surface area contributed by atoms with Gasteiger partial charge >= 0.3 is 0 Å². The fraction of sp³-hybridized carbons (Fsp3) is 1.00. The molecule has 0 aromatic heterocycles.